The van der Waals surface area contributed by atoms with Gasteiger partial charge >= 0.3 is 0 Å². The largest absolute Gasteiger partial charge is 0.173 e. The molecule has 0 atom stereocenters. The second-order valence-corrected chi connectivity index (χ2v) is 3.28. The summed E-state index contributed by atoms with van der Waals surface area (Å²) in [6.45, 7) is 0. The van der Waals surface area contributed by atoms with Crippen molar-refractivity contribution in [2.75, 3.05) is 0 Å². The van der Waals surface area contributed by atoms with Gasteiger partial charge in [-0.25, -0.2) is 0 Å². The van der Waals surface area contributed by atoms with Gasteiger partial charge in [-0.3, -0.25) is 0 Å². The summed E-state index contributed by atoms with van der Waals surface area (Å²) in [6, 6.07) is 0. The molecule has 0 aromatic carbocycles. The molecular weight excluding hydrogens is 122 g/mol. The van der Waals surface area contributed by atoms with Crippen LogP contribution < -0.4 is 0 Å². The number of hydrogen-bond acceptors (Lipinski definition) is 3. The maximum Gasteiger partial charge on any atom is 0.172 e. The maximum atomic E-state index is 3.82. The third-order valence-electron chi connectivity index (χ3n) is 0.186. The van der Waals surface area contributed by atoms with Crippen LogP contribution in [0.25, 0.3) is 0 Å². The maximum absolute atomic E-state index is 3.82. The monoisotopic (exact) mass is 122 g/mol. The number of hydrogen-bond donors (Lipinski definition) is 0. The number of aromatic nitrogens is 2. The summed E-state index contributed by atoms with van der Waals surface area (Å²) in [7, 11) is 1.95. The molecule has 0 bridgehead atoms. The molecule has 0 spiro atoms. The van der Waals surface area contributed by atoms with Crippen molar-refractivity contribution in [2.45, 2.75) is 0 Å². The third kappa shape index (κ3) is 0.881. The topological polar surface area (TPSA) is 25.8 Å². The van der Waals surface area contributed by atoms with Crippen LogP contribution in [0.2, 0.25) is 0 Å². The zero-order chi connectivity index (χ0) is 3.54. The minimum Gasteiger partial charge on any atom is -0.173 e. The van der Waals surface area contributed by atoms with Gasteiger partial charge in [0.25, 0.3) is 0 Å². The van der Waals surface area contributed by atoms with Gasteiger partial charge in [-0.2, -0.15) is 4.51 Å². The van der Waals surface area contributed by atoms with Crippen LogP contribution in [0.4, 0.5) is 0 Å². The lowest BCUT2D eigenvalue weighted by atomic mass is 13.9. The second-order valence-electron chi connectivity index (χ2n) is 0.424. The summed E-state index contributed by atoms with van der Waals surface area (Å²) in [6.07, 6.45) is 0. The van der Waals surface area contributed by atoms with Crippen LogP contribution in [0.1, 0.15) is 0 Å². The van der Waals surface area contributed by atoms with Crippen molar-refractivity contribution in [3.63, 3.8) is 0 Å². The molecule has 5 heteroatoms. The smallest absolute Gasteiger partial charge is 0.172 e. The Morgan fingerprint density at radius 3 is 2.80 bits per heavy atom. The Labute approximate surface area is 36.6 Å². The lowest BCUT2D eigenvalue weighted by Crippen LogP contribution is -1.21. The lowest BCUT2D eigenvalue weighted by molar-refractivity contribution is 1.83. The van der Waals surface area contributed by atoms with Gasteiger partial charge in [0.2, 0.25) is 0 Å². The van der Waals surface area contributed by atoms with E-state index in [-0.39, 0.29) is 0 Å². The lowest BCUT2D eigenvalue weighted by Gasteiger charge is -1.34. The van der Waals surface area contributed by atoms with Crippen molar-refractivity contribution >= 4 is 27.2 Å². The van der Waals surface area contributed by atoms with Gasteiger partial charge in [0, 0.05) is 11.1 Å². The molecule has 1 heterocycles. The SMILES string of the molecule is n1pnsp1. The molecule has 0 amide bonds. The van der Waals surface area contributed by atoms with E-state index in [1.54, 1.807) is 0 Å². The Kier molecular flexibility index (Phi) is 1.27. The van der Waals surface area contributed by atoms with Crippen LogP contribution in [0, 0.1) is 0 Å². The Morgan fingerprint density at radius 1 is 1.60 bits per heavy atom. The van der Waals surface area contributed by atoms with E-state index >= 15 is 0 Å². The fourth-order valence-electron chi connectivity index (χ4n) is 0.0816. The van der Waals surface area contributed by atoms with E-state index in [4.69, 9.17) is 0 Å². The van der Waals surface area contributed by atoms with E-state index in [1.165, 1.54) is 11.1 Å². The molecule has 0 unspecified atom stereocenters. The Morgan fingerprint density at radius 2 is 2.60 bits per heavy atom. The summed E-state index contributed by atoms with van der Waals surface area (Å²) in [5.74, 6) is 0. The quantitative estimate of drug-likeness (QED) is 0.523. The predicted molar refractivity (Wildman–Crippen MR) is 24.9 cm³/mol. The normalized spacial score (nSPS) is 11.2. The molecule has 1 aromatic rings. The van der Waals surface area contributed by atoms with Crippen molar-refractivity contribution in [3.05, 3.63) is 0 Å². The molecule has 0 aliphatic heterocycles. The van der Waals surface area contributed by atoms with Crippen LogP contribution in [-0.2, 0) is 0 Å². The van der Waals surface area contributed by atoms with Crippen molar-refractivity contribution in [3.8, 4) is 0 Å². The zero-order valence-electron chi connectivity index (χ0n) is 2.20. The molecule has 0 radical (unpaired) electrons. The number of nitrogens with zero attached hydrogens (tertiary/aromatic N) is 2. The molecule has 5 heavy (non-hydrogen) atoms. The van der Waals surface area contributed by atoms with Crippen molar-refractivity contribution in [1.29, 1.82) is 0 Å². The van der Waals surface area contributed by atoms with E-state index < -0.39 is 0 Å². The first kappa shape index (κ1) is 3.60. The standard InChI is InChI=1S/N2P2S/c1-3-2-5-4-1. The van der Waals surface area contributed by atoms with Crippen molar-refractivity contribution in [1.82, 2.24) is 8.64 Å². The molecular formula is N2P2S. The first-order valence-electron chi connectivity index (χ1n) is 0.965. The molecule has 0 aliphatic rings. The molecule has 0 N–H and O–H groups in total. The molecule has 0 aliphatic carbocycles. The van der Waals surface area contributed by atoms with Gasteiger partial charge in [0.05, 0.1) is 0 Å². The van der Waals surface area contributed by atoms with Gasteiger partial charge in [-0.05, 0) is 0 Å². The van der Waals surface area contributed by atoms with Gasteiger partial charge < -0.3 is 0 Å². The molecule has 1 aromatic heterocycles. The predicted octanol–water partition coefficient (Wildman–Crippen LogP) is 1.70. The van der Waals surface area contributed by atoms with Crippen LogP contribution in [0.5, 0.6) is 0 Å². The molecule has 1 rings (SSSR count). The van der Waals surface area contributed by atoms with Gasteiger partial charge in [-0.1, -0.05) is 0 Å². The van der Waals surface area contributed by atoms with Crippen LogP contribution in [0.3, 0.4) is 0 Å². The summed E-state index contributed by atoms with van der Waals surface area (Å²) < 4.78 is 7.62. The van der Waals surface area contributed by atoms with E-state index in [2.05, 4.69) is 8.64 Å². The average molecular weight is 122 g/mol. The molecule has 0 fully saturated rings. The highest BCUT2D eigenvalue weighted by atomic mass is 32.5. The van der Waals surface area contributed by atoms with Gasteiger partial charge in [0.1, 0.15) is 7.53 Å². The van der Waals surface area contributed by atoms with Crippen LogP contribution in [-0.4, -0.2) is 8.64 Å². The molecule has 0 saturated heterocycles. The Balaban J connectivity index is 3.13. The van der Waals surface area contributed by atoms with E-state index in [0.717, 1.165) is 16.0 Å². The van der Waals surface area contributed by atoms with Gasteiger partial charge in [0.15, 0.2) is 8.51 Å². The fraction of sp³-hybridized carbons (Fsp3) is 0. The van der Waals surface area contributed by atoms with Crippen LogP contribution in [0.15, 0.2) is 0 Å². The summed E-state index contributed by atoms with van der Waals surface area (Å²) >= 11 is 1.49. The first-order chi connectivity index (χ1) is 2.50. The Hall–Kier alpha value is 0.420. The molecule has 0 saturated carbocycles. The second kappa shape index (κ2) is 1.76. The molecule has 2 nitrogen and oxygen atoms in total. The molecule has 26 valence electrons. The summed E-state index contributed by atoms with van der Waals surface area (Å²) in [5.41, 5.74) is 0. The van der Waals surface area contributed by atoms with E-state index in [0.29, 0.717) is 0 Å². The minimum absolute atomic E-state index is 0.892. The third-order valence-corrected chi connectivity index (χ3v) is 2.99. The Bertz CT molecular complexity index is 64.1. The average Bonchev–Trinajstić information content (AvgIpc) is 1.76. The highest BCUT2D eigenvalue weighted by Gasteiger charge is 1.64. The highest BCUT2D eigenvalue weighted by molar-refractivity contribution is 7.79. The van der Waals surface area contributed by atoms with Crippen molar-refractivity contribution < 1.29 is 0 Å². The van der Waals surface area contributed by atoms with Crippen molar-refractivity contribution in [2.24, 2.45) is 0 Å². The zero-order valence-corrected chi connectivity index (χ0v) is 4.80. The first-order valence-corrected chi connectivity index (χ1v) is 3.99. The summed E-state index contributed by atoms with van der Waals surface area (Å²) in [4.78, 5) is 0. The van der Waals surface area contributed by atoms with Gasteiger partial charge in [-0.15, -0.1) is 4.14 Å². The van der Waals surface area contributed by atoms with Crippen LogP contribution >= 0.6 is 27.2 Å². The highest BCUT2D eigenvalue weighted by Crippen LogP contribution is 2.08. The number of rotatable bonds is 0. The van der Waals surface area contributed by atoms with E-state index in [1.807, 2.05) is 0 Å². The van der Waals surface area contributed by atoms with E-state index in [9.17, 15) is 0 Å². The fourth-order valence-corrected chi connectivity index (χ4v) is 2.20. The summed E-state index contributed by atoms with van der Waals surface area (Å²) in [5, 5.41) is 0. The minimum atomic E-state index is 0.892.